The standard InChI is InChI=1S/C22H21FN6O2/c1-28-11-13(10-25-28)22(31)29-8-2-3-15(12-29)26-20-16-5-4-14(23)9-17(16)19-18(27-20)6-7-24-21(19)30/h4-7,9-11,15H,2-3,8,12H2,1H3,(H,24,30)(H,26,27)/t15-/m1/s1. The second-order valence-electron chi connectivity index (χ2n) is 7.85. The summed E-state index contributed by atoms with van der Waals surface area (Å²) >= 11 is 0. The van der Waals surface area contributed by atoms with Crippen molar-refractivity contribution in [2.75, 3.05) is 18.4 Å². The zero-order valence-electron chi connectivity index (χ0n) is 16.9. The van der Waals surface area contributed by atoms with Gasteiger partial charge in [0.15, 0.2) is 0 Å². The predicted molar refractivity (Wildman–Crippen MR) is 116 cm³/mol. The average molecular weight is 420 g/mol. The number of anilines is 1. The van der Waals surface area contributed by atoms with Crippen LogP contribution in [-0.4, -0.2) is 49.7 Å². The molecule has 4 aromatic rings. The van der Waals surface area contributed by atoms with Crippen LogP contribution >= 0.6 is 0 Å². The molecule has 1 fully saturated rings. The van der Waals surface area contributed by atoms with Gasteiger partial charge in [-0.15, -0.1) is 0 Å². The number of carbonyl (C=O) groups excluding carboxylic acids is 1. The molecule has 5 rings (SSSR count). The summed E-state index contributed by atoms with van der Waals surface area (Å²) in [7, 11) is 1.78. The summed E-state index contributed by atoms with van der Waals surface area (Å²) in [5.41, 5.74) is 0.744. The first kappa shape index (κ1) is 19.2. The first-order valence-corrected chi connectivity index (χ1v) is 10.1. The molecule has 158 valence electrons. The van der Waals surface area contributed by atoms with Crippen LogP contribution in [0.4, 0.5) is 10.2 Å². The van der Waals surface area contributed by atoms with Gasteiger partial charge in [0, 0.05) is 49.3 Å². The van der Waals surface area contributed by atoms with Gasteiger partial charge in [-0.1, -0.05) is 0 Å². The van der Waals surface area contributed by atoms with Gasteiger partial charge in [-0.2, -0.15) is 5.10 Å². The highest BCUT2D eigenvalue weighted by molar-refractivity contribution is 6.09. The third kappa shape index (κ3) is 3.52. The number of hydrogen-bond acceptors (Lipinski definition) is 5. The summed E-state index contributed by atoms with van der Waals surface area (Å²) in [4.78, 5) is 34.3. The molecule has 9 heteroatoms. The van der Waals surface area contributed by atoms with Gasteiger partial charge in [0.2, 0.25) is 0 Å². The van der Waals surface area contributed by atoms with Crippen LogP contribution < -0.4 is 10.9 Å². The summed E-state index contributed by atoms with van der Waals surface area (Å²) < 4.78 is 15.6. The lowest BCUT2D eigenvalue weighted by atomic mass is 10.0. The number of aromatic nitrogens is 4. The topological polar surface area (TPSA) is 95.9 Å². The molecule has 4 heterocycles. The number of aryl methyl sites for hydroxylation is 1. The summed E-state index contributed by atoms with van der Waals surface area (Å²) in [5.74, 6) is 0.110. The van der Waals surface area contributed by atoms with Crippen molar-refractivity contribution in [3.05, 3.63) is 64.6 Å². The molecule has 2 N–H and O–H groups in total. The molecule has 0 spiro atoms. The van der Waals surface area contributed by atoms with Crippen LogP contribution in [0, 0.1) is 5.82 Å². The largest absolute Gasteiger partial charge is 0.365 e. The summed E-state index contributed by atoms with van der Waals surface area (Å²) in [6.45, 7) is 1.20. The summed E-state index contributed by atoms with van der Waals surface area (Å²) in [6, 6.07) is 6.03. The molecular formula is C22H21FN6O2. The Kier molecular flexibility index (Phi) is 4.65. The van der Waals surface area contributed by atoms with Crippen LogP contribution in [0.25, 0.3) is 21.7 Å². The number of piperidine rings is 1. The van der Waals surface area contributed by atoms with E-state index in [2.05, 4.69) is 20.4 Å². The first-order chi connectivity index (χ1) is 15.0. The number of rotatable bonds is 3. The van der Waals surface area contributed by atoms with Crippen molar-refractivity contribution < 1.29 is 9.18 Å². The number of fused-ring (bicyclic) bond motifs is 3. The summed E-state index contributed by atoms with van der Waals surface area (Å²) in [5, 5.41) is 9.05. The number of benzene rings is 1. The maximum Gasteiger partial charge on any atom is 0.258 e. The van der Waals surface area contributed by atoms with Crippen LogP contribution in [0.5, 0.6) is 0 Å². The zero-order valence-corrected chi connectivity index (χ0v) is 16.9. The number of halogens is 1. The van der Waals surface area contributed by atoms with Crippen molar-refractivity contribution in [1.82, 2.24) is 24.6 Å². The molecule has 31 heavy (non-hydrogen) atoms. The van der Waals surface area contributed by atoms with Crippen LogP contribution in [0.15, 0.2) is 47.7 Å². The van der Waals surface area contributed by atoms with Crippen molar-refractivity contribution in [2.45, 2.75) is 18.9 Å². The summed E-state index contributed by atoms with van der Waals surface area (Å²) in [6.07, 6.45) is 6.53. The lowest BCUT2D eigenvalue weighted by molar-refractivity contribution is 0.0714. The van der Waals surface area contributed by atoms with Gasteiger partial charge in [0.25, 0.3) is 11.5 Å². The van der Waals surface area contributed by atoms with E-state index in [0.717, 1.165) is 12.8 Å². The van der Waals surface area contributed by atoms with Crippen molar-refractivity contribution in [3.63, 3.8) is 0 Å². The number of nitrogens with zero attached hydrogens (tertiary/aromatic N) is 4. The molecule has 0 saturated carbocycles. The molecular weight excluding hydrogens is 399 g/mol. The van der Waals surface area contributed by atoms with Crippen LogP contribution in [0.2, 0.25) is 0 Å². The minimum atomic E-state index is -0.417. The minimum Gasteiger partial charge on any atom is -0.365 e. The van der Waals surface area contributed by atoms with Crippen molar-refractivity contribution in [1.29, 1.82) is 0 Å². The van der Waals surface area contributed by atoms with Crippen LogP contribution in [-0.2, 0) is 7.05 Å². The number of carbonyl (C=O) groups is 1. The molecule has 1 atom stereocenters. The minimum absolute atomic E-state index is 0.0189. The number of likely N-dealkylation sites (tertiary alicyclic amines) is 1. The Hall–Kier alpha value is -3.75. The van der Waals surface area contributed by atoms with Gasteiger partial charge < -0.3 is 15.2 Å². The molecule has 1 aliphatic heterocycles. The monoisotopic (exact) mass is 420 g/mol. The number of H-pyrrole nitrogens is 1. The normalized spacial score (nSPS) is 16.7. The Bertz CT molecular complexity index is 1360. The van der Waals surface area contributed by atoms with Crippen molar-refractivity contribution in [2.24, 2.45) is 7.05 Å². The number of hydrogen-bond donors (Lipinski definition) is 2. The molecule has 1 saturated heterocycles. The third-order valence-corrected chi connectivity index (χ3v) is 5.68. The predicted octanol–water partition coefficient (Wildman–Crippen LogP) is 2.67. The van der Waals surface area contributed by atoms with E-state index in [9.17, 15) is 14.0 Å². The fourth-order valence-electron chi connectivity index (χ4n) is 4.23. The van der Waals surface area contributed by atoms with Gasteiger partial charge in [0.1, 0.15) is 11.6 Å². The Balaban J connectivity index is 1.48. The Morgan fingerprint density at radius 2 is 2.16 bits per heavy atom. The van der Waals surface area contributed by atoms with E-state index in [-0.39, 0.29) is 17.5 Å². The molecule has 0 unspecified atom stereocenters. The van der Waals surface area contributed by atoms with Crippen molar-refractivity contribution in [3.8, 4) is 0 Å². The molecule has 8 nitrogen and oxygen atoms in total. The smallest absolute Gasteiger partial charge is 0.258 e. The maximum absolute atomic E-state index is 14.0. The van der Waals surface area contributed by atoms with Gasteiger partial charge in [-0.05, 0) is 37.1 Å². The molecule has 1 aliphatic rings. The Morgan fingerprint density at radius 1 is 1.29 bits per heavy atom. The number of amides is 1. The zero-order chi connectivity index (χ0) is 21.5. The second-order valence-corrected chi connectivity index (χ2v) is 7.85. The quantitative estimate of drug-likeness (QED) is 0.497. The van der Waals surface area contributed by atoms with Gasteiger partial charge in [-0.3, -0.25) is 14.3 Å². The average Bonchev–Trinajstić information content (AvgIpc) is 3.19. The molecule has 0 aliphatic carbocycles. The van der Waals surface area contributed by atoms with E-state index in [0.29, 0.717) is 46.1 Å². The Morgan fingerprint density at radius 3 is 2.97 bits per heavy atom. The van der Waals surface area contributed by atoms with E-state index >= 15 is 0 Å². The second kappa shape index (κ2) is 7.50. The molecule has 1 aromatic carbocycles. The van der Waals surface area contributed by atoms with Gasteiger partial charge in [-0.25, -0.2) is 9.37 Å². The van der Waals surface area contributed by atoms with E-state index in [1.807, 2.05) is 4.90 Å². The number of pyridine rings is 2. The maximum atomic E-state index is 14.0. The van der Waals surface area contributed by atoms with E-state index < -0.39 is 5.82 Å². The molecule has 3 aromatic heterocycles. The lowest BCUT2D eigenvalue weighted by Gasteiger charge is -2.33. The number of nitrogens with one attached hydrogen (secondary N) is 2. The highest BCUT2D eigenvalue weighted by atomic mass is 19.1. The molecule has 0 bridgehead atoms. The third-order valence-electron chi connectivity index (χ3n) is 5.68. The SMILES string of the molecule is Cn1cc(C(=O)N2CCC[C@@H](Nc3nc4cc[nH]c(=O)c4c4cc(F)ccc34)C2)cn1. The van der Waals surface area contributed by atoms with E-state index in [4.69, 9.17) is 0 Å². The van der Waals surface area contributed by atoms with Crippen LogP contribution in [0.1, 0.15) is 23.2 Å². The Labute approximate surface area is 176 Å². The fourth-order valence-corrected chi connectivity index (χ4v) is 4.23. The van der Waals surface area contributed by atoms with Crippen LogP contribution in [0.3, 0.4) is 0 Å². The highest BCUT2D eigenvalue weighted by Gasteiger charge is 2.26. The van der Waals surface area contributed by atoms with E-state index in [1.54, 1.807) is 36.3 Å². The highest BCUT2D eigenvalue weighted by Crippen LogP contribution is 2.29. The molecule has 1 amide bonds. The number of aromatic amines is 1. The van der Waals surface area contributed by atoms with E-state index in [1.165, 1.54) is 18.3 Å². The van der Waals surface area contributed by atoms with Crippen molar-refractivity contribution >= 4 is 33.4 Å². The first-order valence-electron chi connectivity index (χ1n) is 10.1. The van der Waals surface area contributed by atoms with Gasteiger partial charge in [0.05, 0.1) is 22.7 Å². The fraction of sp³-hybridized carbons (Fsp3) is 0.273. The molecule has 0 radical (unpaired) electrons. The van der Waals surface area contributed by atoms with Gasteiger partial charge >= 0.3 is 0 Å². The lowest BCUT2D eigenvalue weighted by Crippen LogP contribution is -2.45.